The zero-order chi connectivity index (χ0) is 8.27. The van der Waals surface area contributed by atoms with Gasteiger partial charge in [-0.1, -0.05) is 12.1 Å². The third kappa shape index (κ3) is 1.95. The topological polar surface area (TPSA) is 35.2 Å². The third-order valence-corrected chi connectivity index (χ3v) is 1.59. The summed E-state index contributed by atoms with van der Waals surface area (Å²) < 4.78 is 5.02. The Balaban J connectivity index is 2.81. The molecule has 0 spiro atoms. The van der Waals surface area contributed by atoms with Crippen LogP contribution in [0.25, 0.3) is 0 Å². The molecule has 0 saturated heterocycles. The van der Waals surface area contributed by atoms with E-state index in [2.05, 4.69) is 6.92 Å². The van der Waals surface area contributed by atoms with E-state index in [9.17, 15) is 0 Å². The number of methoxy groups -OCH3 is 1. The summed E-state index contributed by atoms with van der Waals surface area (Å²) in [7, 11) is 1.63. The number of hydrogen-bond donors (Lipinski definition) is 1. The molecule has 2 heteroatoms. The van der Waals surface area contributed by atoms with E-state index in [1.807, 2.05) is 24.3 Å². The maximum atomic E-state index is 5.51. The Bertz CT molecular complexity index is 218. The van der Waals surface area contributed by atoms with E-state index in [0.717, 1.165) is 11.3 Å². The molecule has 59 valence electrons. The second-order valence-corrected chi connectivity index (χ2v) is 2.39. The molecule has 0 aliphatic rings. The lowest BCUT2D eigenvalue weighted by molar-refractivity contribution is 0.140. The molecule has 0 heterocycles. The predicted octanol–water partition coefficient (Wildman–Crippen LogP) is 1.79. The maximum Gasteiger partial charge on any atom is 0.0822 e. The number of hydrogen-bond acceptors (Lipinski definition) is 2. The highest BCUT2D eigenvalue weighted by molar-refractivity contribution is 5.39. The molecule has 1 unspecified atom stereocenters. The Morgan fingerprint density at radius 3 is 2.36 bits per heavy atom. The van der Waals surface area contributed by atoms with E-state index in [-0.39, 0.29) is 6.10 Å². The van der Waals surface area contributed by atoms with Crippen LogP contribution < -0.4 is 5.73 Å². The summed E-state index contributed by atoms with van der Waals surface area (Å²) in [6.45, 7) is 3.79. The normalized spacial score (nSPS) is 12.9. The summed E-state index contributed by atoms with van der Waals surface area (Å²) in [5, 5.41) is 0. The second kappa shape index (κ2) is 3.39. The molecule has 1 aromatic carbocycles. The van der Waals surface area contributed by atoms with Crippen molar-refractivity contribution in [3.63, 3.8) is 0 Å². The van der Waals surface area contributed by atoms with Crippen LogP contribution in [0.5, 0.6) is 0 Å². The summed E-state index contributed by atoms with van der Waals surface area (Å²) in [4.78, 5) is 0. The van der Waals surface area contributed by atoms with Gasteiger partial charge in [0.25, 0.3) is 0 Å². The van der Waals surface area contributed by atoms with Crippen molar-refractivity contribution in [3.05, 3.63) is 36.8 Å². The highest BCUT2D eigenvalue weighted by atomic mass is 16.5. The van der Waals surface area contributed by atoms with E-state index < -0.39 is 0 Å². The lowest BCUT2D eigenvalue weighted by Gasteiger charge is -2.08. The Morgan fingerprint density at radius 2 is 1.91 bits per heavy atom. The summed E-state index contributed by atoms with van der Waals surface area (Å²) in [5.41, 5.74) is 7.31. The van der Waals surface area contributed by atoms with E-state index in [0.29, 0.717) is 0 Å². The standard InChI is InChI=1S/C9H12NO/c1-7(11-2)8-3-5-9(10)6-4-8/h3-7H,1,10H2,2H3. The first-order chi connectivity index (χ1) is 5.24. The Labute approximate surface area is 67.0 Å². The lowest BCUT2D eigenvalue weighted by atomic mass is 10.1. The van der Waals surface area contributed by atoms with Gasteiger partial charge in [-0.05, 0) is 24.6 Å². The first kappa shape index (κ1) is 8.08. The average molecular weight is 150 g/mol. The van der Waals surface area contributed by atoms with E-state index in [4.69, 9.17) is 10.5 Å². The number of nitrogens with two attached hydrogens (primary N) is 1. The molecule has 0 amide bonds. The van der Waals surface area contributed by atoms with Gasteiger partial charge in [-0.25, -0.2) is 0 Å². The number of rotatable bonds is 2. The minimum absolute atomic E-state index is 0.101. The van der Waals surface area contributed by atoms with E-state index >= 15 is 0 Å². The lowest BCUT2D eigenvalue weighted by Crippen LogP contribution is -1.95. The molecule has 1 radical (unpaired) electrons. The van der Waals surface area contributed by atoms with Gasteiger partial charge in [0.2, 0.25) is 0 Å². The maximum absolute atomic E-state index is 5.51. The first-order valence-corrected chi connectivity index (χ1v) is 3.45. The Morgan fingerprint density at radius 1 is 1.36 bits per heavy atom. The number of nitrogen functional groups attached to an aromatic ring is 1. The van der Waals surface area contributed by atoms with Gasteiger partial charge in [0.1, 0.15) is 0 Å². The van der Waals surface area contributed by atoms with Gasteiger partial charge < -0.3 is 10.5 Å². The molecule has 1 rings (SSSR count). The van der Waals surface area contributed by atoms with Gasteiger partial charge in [-0.15, -0.1) is 0 Å². The molecule has 1 atom stereocenters. The van der Waals surface area contributed by atoms with Gasteiger partial charge in [-0.3, -0.25) is 0 Å². The second-order valence-electron chi connectivity index (χ2n) is 2.39. The average Bonchev–Trinajstić information content (AvgIpc) is 2.05. The summed E-state index contributed by atoms with van der Waals surface area (Å²) in [6, 6.07) is 7.51. The van der Waals surface area contributed by atoms with Crippen molar-refractivity contribution in [1.82, 2.24) is 0 Å². The molecule has 0 aliphatic heterocycles. The van der Waals surface area contributed by atoms with Crippen LogP contribution in [0.4, 0.5) is 5.69 Å². The number of ether oxygens (including phenoxy) is 1. The van der Waals surface area contributed by atoms with Gasteiger partial charge in [0, 0.05) is 12.8 Å². The third-order valence-electron chi connectivity index (χ3n) is 1.59. The SMILES string of the molecule is [CH2]C(OC)c1ccc(N)cc1. The van der Waals surface area contributed by atoms with Gasteiger partial charge in [0.05, 0.1) is 6.10 Å². The van der Waals surface area contributed by atoms with Crippen LogP contribution in [-0.2, 0) is 4.74 Å². The smallest absolute Gasteiger partial charge is 0.0822 e. The predicted molar refractivity (Wildman–Crippen MR) is 46.0 cm³/mol. The summed E-state index contributed by atoms with van der Waals surface area (Å²) in [5.74, 6) is 0. The van der Waals surface area contributed by atoms with Crippen LogP contribution in [0.3, 0.4) is 0 Å². The highest BCUT2D eigenvalue weighted by Crippen LogP contribution is 2.15. The van der Waals surface area contributed by atoms with E-state index in [1.54, 1.807) is 7.11 Å². The van der Waals surface area contributed by atoms with Gasteiger partial charge in [-0.2, -0.15) is 0 Å². The molecule has 2 nitrogen and oxygen atoms in total. The molecule has 0 aromatic heterocycles. The quantitative estimate of drug-likeness (QED) is 0.652. The van der Waals surface area contributed by atoms with Gasteiger partial charge in [0.15, 0.2) is 0 Å². The van der Waals surface area contributed by atoms with Crippen LogP contribution in [-0.4, -0.2) is 7.11 Å². The fraction of sp³-hybridized carbons (Fsp3) is 0.222. The summed E-state index contributed by atoms with van der Waals surface area (Å²) >= 11 is 0. The van der Waals surface area contributed by atoms with E-state index in [1.165, 1.54) is 0 Å². The monoisotopic (exact) mass is 150 g/mol. The molecule has 0 bridgehead atoms. The fourth-order valence-electron chi connectivity index (χ4n) is 0.847. The molecule has 1 aromatic rings. The summed E-state index contributed by atoms with van der Waals surface area (Å²) in [6.07, 6.45) is -0.101. The Hall–Kier alpha value is -1.02. The van der Waals surface area contributed by atoms with Crippen molar-refractivity contribution in [2.24, 2.45) is 0 Å². The van der Waals surface area contributed by atoms with Crippen LogP contribution in [0.2, 0.25) is 0 Å². The van der Waals surface area contributed by atoms with Crippen LogP contribution in [0.1, 0.15) is 11.7 Å². The van der Waals surface area contributed by atoms with Crippen molar-refractivity contribution < 1.29 is 4.74 Å². The molecule has 0 fully saturated rings. The van der Waals surface area contributed by atoms with Gasteiger partial charge >= 0.3 is 0 Å². The van der Waals surface area contributed by atoms with Crippen molar-refractivity contribution in [3.8, 4) is 0 Å². The molecule has 0 saturated carbocycles. The first-order valence-electron chi connectivity index (χ1n) is 3.45. The van der Waals surface area contributed by atoms with Crippen molar-refractivity contribution in [1.29, 1.82) is 0 Å². The highest BCUT2D eigenvalue weighted by Gasteiger charge is 2.01. The number of benzene rings is 1. The number of anilines is 1. The molecular weight excluding hydrogens is 138 g/mol. The zero-order valence-electron chi connectivity index (χ0n) is 6.58. The minimum atomic E-state index is -0.101. The molecule has 11 heavy (non-hydrogen) atoms. The molecule has 2 N–H and O–H groups in total. The van der Waals surface area contributed by atoms with Crippen molar-refractivity contribution in [2.75, 3.05) is 12.8 Å². The fourth-order valence-corrected chi connectivity index (χ4v) is 0.847. The Kier molecular flexibility index (Phi) is 2.49. The zero-order valence-corrected chi connectivity index (χ0v) is 6.58. The van der Waals surface area contributed by atoms with Crippen LogP contribution in [0.15, 0.2) is 24.3 Å². The van der Waals surface area contributed by atoms with Crippen molar-refractivity contribution in [2.45, 2.75) is 6.10 Å². The van der Waals surface area contributed by atoms with Crippen LogP contribution >= 0.6 is 0 Å². The van der Waals surface area contributed by atoms with Crippen molar-refractivity contribution >= 4 is 5.69 Å². The minimum Gasteiger partial charge on any atom is -0.399 e. The van der Waals surface area contributed by atoms with Crippen LogP contribution in [0, 0.1) is 6.92 Å². The largest absolute Gasteiger partial charge is 0.399 e. The molecular formula is C9H12NO. The molecule has 0 aliphatic carbocycles.